The van der Waals surface area contributed by atoms with E-state index >= 15 is 0 Å². The second kappa shape index (κ2) is 10.3. The van der Waals surface area contributed by atoms with Gasteiger partial charge in [0.05, 0.1) is 0 Å². The molecule has 0 amide bonds. The van der Waals surface area contributed by atoms with Gasteiger partial charge in [-0.15, -0.1) is 0 Å². The molecule has 0 bridgehead atoms. The second-order valence-corrected chi connectivity index (χ2v) is 1.64. The Hall–Kier alpha value is -0.660. The van der Waals surface area contributed by atoms with E-state index in [0.29, 0.717) is 12.2 Å². The first-order chi connectivity index (χ1) is 4.31. The molecule has 0 rings (SSSR count). The van der Waals surface area contributed by atoms with Gasteiger partial charge in [0.15, 0.2) is 0 Å². The maximum atomic E-state index is 10.4. The number of carbonyl (C=O) groups excluding carboxylic acids is 2. The molecule has 0 saturated carbocycles. The Kier molecular flexibility index (Phi) is 12.9. The van der Waals surface area contributed by atoms with Crippen molar-refractivity contribution in [2.75, 3.05) is 0 Å². The molecular formula is C7H14O2. The summed E-state index contributed by atoms with van der Waals surface area (Å²) in [6.45, 7) is 5.92. The second-order valence-electron chi connectivity index (χ2n) is 1.64. The Balaban J connectivity index is 0. The van der Waals surface area contributed by atoms with Crippen LogP contribution in [0.3, 0.4) is 0 Å². The first-order valence-electron chi connectivity index (χ1n) is 3.11. The van der Waals surface area contributed by atoms with Crippen LogP contribution in [0.4, 0.5) is 0 Å². The molecule has 9 heavy (non-hydrogen) atoms. The normalized spacial score (nSPS) is 7.33. The Morgan fingerprint density at radius 3 is 1.89 bits per heavy atom. The van der Waals surface area contributed by atoms with Crippen LogP contribution in [0, 0.1) is 0 Å². The summed E-state index contributed by atoms with van der Waals surface area (Å²) >= 11 is 0. The van der Waals surface area contributed by atoms with Crippen molar-refractivity contribution < 1.29 is 9.59 Å². The number of hydrogen-bond acceptors (Lipinski definition) is 2. The first kappa shape index (κ1) is 11.2. The van der Waals surface area contributed by atoms with Crippen molar-refractivity contribution in [2.24, 2.45) is 0 Å². The van der Waals surface area contributed by atoms with Crippen LogP contribution in [0.15, 0.2) is 0 Å². The van der Waals surface area contributed by atoms with E-state index in [-0.39, 0.29) is 0 Å². The molecule has 0 radical (unpaired) electrons. The van der Waals surface area contributed by atoms with Gasteiger partial charge >= 0.3 is 0 Å². The van der Waals surface area contributed by atoms with Gasteiger partial charge in [0.2, 0.25) is 0 Å². The highest BCUT2D eigenvalue weighted by Crippen LogP contribution is 1.90. The molecule has 0 aliphatic carbocycles. The van der Waals surface area contributed by atoms with Gasteiger partial charge in [-0.2, -0.15) is 0 Å². The predicted octanol–water partition coefficient (Wildman–Crippen LogP) is 1.58. The molecule has 0 aliphatic heterocycles. The molecule has 0 atom stereocenters. The van der Waals surface area contributed by atoms with Crippen LogP contribution in [0.2, 0.25) is 0 Å². The fraction of sp³-hybridized carbons (Fsp3) is 0.714. The Morgan fingerprint density at radius 1 is 1.33 bits per heavy atom. The lowest BCUT2D eigenvalue weighted by atomic mass is 10.2. The molecule has 0 aliphatic rings. The van der Waals surface area contributed by atoms with Crippen LogP contribution in [-0.4, -0.2) is 12.6 Å². The summed E-state index contributed by atoms with van der Waals surface area (Å²) < 4.78 is 0. The van der Waals surface area contributed by atoms with Gasteiger partial charge in [-0.1, -0.05) is 13.8 Å². The third kappa shape index (κ3) is 11.1. The van der Waals surface area contributed by atoms with Crippen LogP contribution in [0.1, 0.15) is 33.1 Å². The van der Waals surface area contributed by atoms with Crippen molar-refractivity contribution in [3.63, 3.8) is 0 Å². The van der Waals surface area contributed by atoms with E-state index in [9.17, 15) is 4.79 Å². The zero-order valence-electron chi connectivity index (χ0n) is 6.14. The van der Waals surface area contributed by atoms with Crippen LogP contribution < -0.4 is 0 Å². The van der Waals surface area contributed by atoms with E-state index in [1.54, 1.807) is 0 Å². The SMILES string of the molecule is C=O.CCCC(=O)CC. The molecule has 0 spiro atoms. The van der Waals surface area contributed by atoms with Gasteiger partial charge in [-0.05, 0) is 6.42 Å². The quantitative estimate of drug-likeness (QED) is 0.581. The van der Waals surface area contributed by atoms with Crippen LogP contribution >= 0.6 is 0 Å². The number of rotatable bonds is 3. The van der Waals surface area contributed by atoms with Crippen molar-refractivity contribution in [2.45, 2.75) is 33.1 Å². The Morgan fingerprint density at radius 2 is 1.78 bits per heavy atom. The largest absolute Gasteiger partial charge is 0.307 e. The average Bonchev–Trinajstić information content (AvgIpc) is 1.93. The van der Waals surface area contributed by atoms with Gasteiger partial charge in [0, 0.05) is 12.8 Å². The lowest BCUT2D eigenvalue weighted by molar-refractivity contribution is -0.118. The van der Waals surface area contributed by atoms with Crippen molar-refractivity contribution in [1.29, 1.82) is 0 Å². The first-order valence-corrected chi connectivity index (χ1v) is 3.11. The molecule has 0 fully saturated rings. The van der Waals surface area contributed by atoms with E-state index < -0.39 is 0 Å². The summed E-state index contributed by atoms with van der Waals surface area (Å²) in [5.74, 6) is 0.377. The van der Waals surface area contributed by atoms with E-state index in [1.807, 2.05) is 20.6 Å². The van der Waals surface area contributed by atoms with Crippen molar-refractivity contribution in [3.05, 3.63) is 0 Å². The standard InChI is InChI=1S/C6H12O.CH2O/c1-3-5-6(7)4-2;1-2/h3-5H2,1-2H3;1H2. The zero-order valence-corrected chi connectivity index (χ0v) is 6.14. The molecule has 0 aromatic rings. The Labute approximate surface area is 56.3 Å². The van der Waals surface area contributed by atoms with Crippen molar-refractivity contribution >= 4 is 12.6 Å². The number of ketones is 1. The van der Waals surface area contributed by atoms with Crippen LogP contribution in [0.5, 0.6) is 0 Å². The summed E-state index contributed by atoms with van der Waals surface area (Å²) in [5.41, 5.74) is 0. The van der Waals surface area contributed by atoms with E-state index in [4.69, 9.17) is 4.79 Å². The smallest absolute Gasteiger partial charge is 0.132 e. The molecule has 0 heterocycles. The van der Waals surface area contributed by atoms with Crippen molar-refractivity contribution in [1.82, 2.24) is 0 Å². The van der Waals surface area contributed by atoms with Gasteiger partial charge in [-0.25, -0.2) is 0 Å². The number of hydrogen-bond donors (Lipinski definition) is 0. The van der Waals surface area contributed by atoms with Gasteiger partial charge in [-0.3, -0.25) is 4.79 Å². The molecule has 2 nitrogen and oxygen atoms in total. The maximum Gasteiger partial charge on any atom is 0.132 e. The number of carbonyl (C=O) groups is 2. The monoisotopic (exact) mass is 130 g/mol. The van der Waals surface area contributed by atoms with Gasteiger partial charge in [0.1, 0.15) is 12.6 Å². The zero-order chi connectivity index (χ0) is 7.70. The van der Waals surface area contributed by atoms with Gasteiger partial charge < -0.3 is 4.79 Å². The molecule has 2 heteroatoms. The summed E-state index contributed by atoms with van der Waals surface area (Å²) in [6, 6.07) is 0. The summed E-state index contributed by atoms with van der Waals surface area (Å²) in [7, 11) is 0. The lowest BCUT2D eigenvalue weighted by Gasteiger charge is -1.87. The summed E-state index contributed by atoms with van der Waals surface area (Å²) in [5, 5.41) is 0. The molecule has 0 saturated heterocycles. The predicted molar refractivity (Wildman–Crippen MR) is 37.3 cm³/mol. The lowest BCUT2D eigenvalue weighted by Crippen LogP contribution is -1.91. The third-order valence-corrected chi connectivity index (χ3v) is 0.923. The van der Waals surface area contributed by atoms with E-state index in [1.165, 1.54) is 0 Å². The molecular weight excluding hydrogens is 116 g/mol. The molecule has 0 aromatic heterocycles. The third-order valence-electron chi connectivity index (χ3n) is 0.923. The fourth-order valence-corrected chi connectivity index (χ4v) is 0.456. The summed E-state index contributed by atoms with van der Waals surface area (Å²) in [6.07, 6.45) is 2.46. The minimum absolute atomic E-state index is 0.377. The van der Waals surface area contributed by atoms with Gasteiger partial charge in [0.25, 0.3) is 0 Å². The van der Waals surface area contributed by atoms with Crippen LogP contribution in [0.25, 0.3) is 0 Å². The van der Waals surface area contributed by atoms with Crippen LogP contribution in [-0.2, 0) is 9.59 Å². The average molecular weight is 130 g/mol. The summed E-state index contributed by atoms with van der Waals surface area (Å²) in [4.78, 5) is 18.4. The molecule has 0 N–H and O–H groups in total. The fourth-order valence-electron chi connectivity index (χ4n) is 0.456. The molecule has 54 valence electrons. The van der Waals surface area contributed by atoms with E-state index in [0.717, 1.165) is 12.8 Å². The minimum Gasteiger partial charge on any atom is -0.307 e. The maximum absolute atomic E-state index is 10.4. The number of Topliss-reactive ketones (excluding diaryl/α,β-unsaturated/α-hetero) is 1. The highest BCUT2D eigenvalue weighted by Gasteiger charge is 1.91. The molecule has 0 aromatic carbocycles. The highest BCUT2D eigenvalue weighted by molar-refractivity contribution is 5.77. The molecule has 0 unspecified atom stereocenters. The highest BCUT2D eigenvalue weighted by atomic mass is 16.1. The Bertz CT molecular complexity index is 69.3. The minimum atomic E-state index is 0.377. The topological polar surface area (TPSA) is 34.1 Å². The van der Waals surface area contributed by atoms with E-state index in [2.05, 4.69) is 0 Å². The van der Waals surface area contributed by atoms with Crippen molar-refractivity contribution in [3.8, 4) is 0 Å².